The highest BCUT2D eigenvalue weighted by molar-refractivity contribution is 6.29. The fourth-order valence-corrected chi connectivity index (χ4v) is 1.48. The quantitative estimate of drug-likeness (QED) is 0.781. The molecule has 0 radical (unpaired) electrons. The van der Waals surface area contributed by atoms with Gasteiger partial charge in [-0.1, -0.05) is 11.6 Å². The number of aryl methyl sites for hydroxylation is 2. The number of hydrogen-bond donors (Lipinski definition) is 1. The van der Waals surface area contributed by atoms with E-state index in [0.29, 0.717) is 5.15 Å². The number of aromatic nitrogens is 4. The number of rotatable bonds is 1. The Hall–Kier alpha value is -1.42. The lowest BCUT2D eigenvalue weighted by Gasteiger charge is -1.98. The van der Waals surface area contributed by atoms with Crippen LogP contribution in [0.4, 0.5) is 0 Å². The van der Waals surface area contributed by atoms with Gasteiger partial charge >= 0.3 is 0 Å². The fourth-order valence-electron chi connectivity index (χ4n) is 1.38. The van der Waals surface area contributed by atoms with E-state index in [9.17, 15) is 0 Å². The summed E-state index contributed by atoms with van der Waals surface area (Å²) < 4.78 is 0. The third kappa shape index (κ3) is 1.48. The van der Waals surface area contributed by atoms with Gasteiger partial charge in [-0.3, -0.25) is 5.10 Å². The van der Waals surface area contributed by atoms with Crippen LogP contribution in [0.2, 0.25) is 5.15 Å². The Labute approximate surface area is 86.3 Å². The molecule has 4 nitrogen and oxygen atoms in total. The molecule has 0 aliphatic heterocycles. The summed E-state index contributed by atoms with van der Waals surface area (Å²) in [6.45, 7) is 3.88. The molecule has 5 heteroatoms. The van der Waals surface area contributed by atoms with Gasteiger partial charge in [0.15, 0.2) is 5.15 Å². The maximum atomic E-state index is 5.66. The van der Waals surface area contributed by atoms with E-state index in [4.69, 9.17) is 11.6 Å². The average Bonchev–Trinajstić information content (AvgIpc) is 2.49. The number of halogens is 1. The molecule has 72 valence electrons. The molecule has 0 bridgehead atoms. The van der Waals surface area contributed by atoms with Crippen LogP contribution in [0.3, 0.4) is 0 Å². The molecule has 0 aliphatic rings. The first-order chi connectivity index (χ1) is 6.68. The Morgan fingerprint density at radius 1 is 1.21 bits per heavy atom. The summed E-state index contributed by atoms with van der Waals surface area (Å²) >= 11 is 5.66. The maximum absolute atomic E-state index is 5.66. The van der Waals surface area contributed by atoms with E-state index in [1.165, 1.54) is 0 Å². The second kappa shape index (κ2) is 3.38. The summed E-state index contributed by atoms with van der Waals surface area (Å²) in [4.78, 5) is 0. The summed E-state index contributed by atoms with van der Waals surface area (Å²) in [7, 11) is 0. The van der Waals surface area contributed by atoms with Gasteiger partial charge in [0.1, 0.15) is 0 Å². The molecular weight excluding hydrogens is 200 g/mol. The number of nitrogens with zero attached hydrogens (tertiary/aromatic N) is 3. The van der Waals surface area contributed by atoms with Crippen LogP contribution in [0.15, 0.2) is 12.1 Å². The second-order valence-corrected chi connectivity index (χ2v) is 3.44. The van der Waals surface area contributed by atoms with Crippen LogP contribution in [-0.4, -0.2) is 20.4 Å². The molecule has 1 N–H and O–H groups in total. The Morgan fingerprint density at radius 2 is 2.00 bits per heavy atom. The molecule has 0 amide bonds. The van der Waals surface area contributed by atoms with Crippen LogP contribution in [0.25, 0.3) is 11.3 Å². The minimum atomic E-state index is 0.396. The van der Waals surface area contributed by atoms with Gasteiger partial charge < -0.3 is 0 Å². The highest BCUT2D eigenvalue weighted by Crippen LogP contribution is 2.22. The summed E-state index contributed by atoms with van der Waals surface area (Å²) in [5.74, 6) is 0. The number of nitrogens with one attached hydrogen (secondary N) is 1. The van der Waals surface area contributed by atoms with E-state index in [1.807, 2.05) is 19.9 Å². The van der Waals surface area contributed by atoms with Gasteiger partial charge in [0, 0.05) is 11.3 Å². The first kappa shape index (κ1) is 9.15. The molecule has 2 aromatic rings. The van der Waals surface area contributed by atoms with Gasteiger partial charge in [-0.15, -0.1) is 10.2 Å². The van der Waals surface area contributed by atoms with E-state index in [1.54, 1.807) is 6.07 Å². The van der Waals surface area contributed by atoms with Crippen molar-refractivity contribution in [2.24, 2.45) is 0 Å². The van der Waals surface area contributed by atoms with Crippen LogP contribution in [0, 0.1) is 13.8 Å². The second-order valence-electron chi connectivity index (χ2n) is 3.05. The Balaban J connectivity index is 2.54. The minimum Gasteiger partial charge on any atom is -0.282 e. The highest BCUT2D eigenvalue weighted by Gasteiger charge is 2.10. The SMILES string of the molecule is Cc1n[nH]c(C)c1-c1ccc(Cl)nn1. The molecule has 2 heterocycles. The maximum Gasteiger partial charge on any atom is 0.151 e. The van der Waals surface area contributed by atoms with E-state index < -0.39 is 0 Å². The number of aromatic amines is 1. The van der Waals surface area contributed by atoms with Crippen LogP contribution in [-0.2, 0) is 0 Å². The van der Waals surface area contributed by atoms with Crippen LogP contribution < -0.4 is 0 Å². The van der Waals surface area contributed by atoms with Crippen molar-refractivity contribution in [1.29, 1.82) is 0 Å². The van der Waals surface area contributed by atoms with Crippen molar-refractivity contribution in [3.05, 3.63) is 28.7 Å². The molecule has 0 saturated carbocycles. The molecule has 0 aromatic carbocycles. The van der Waals surface area contributed by atoms with E-state index >= 15 is 0 Å². The third-order valence-corrected chi connectivity index (χ3v) is 2.22. The molecule has 0 saturated heterocycles. The zero-order valence-corrected chi connectivity index (χ0v) is 8.63. The normalized spacial score (nSPS) is 10.5. The molecule has 14 heavy (non-hydrogen) atoms. The Bertz CT molecular complexity index is 427. The first-order valence-electron chi connectivity index (χ1n) is 4.19. The molecule has 0 unspecified atom stereocenters. The third-order valence-electron chi connectivity index (χ3n) is 2.02. The lowest BCUT2D eigenvalue weighted by molar-refractivity contribution is 1.02. The van der Waals surface area contributed by atoms with Crippen molar-refractivity contribution in [3.8, 4) is 11.3 Å². The van der Waals surface area contributed by atoms with Crippen molar-refractivity contribution in [2.45, 2.75) is 13.8 Å². The minimum absolute atomic E-state index is 0.396. The summed E-state index contributed by atoms with van der Waals surface area (Å²) in [6.07, 6.45) is 0. The largest absolute Gasteiger partial charge is 0.282 e. The lowest BCUT2D eigenvalue weighted by atomic mass is 10.1. The zero-order valence-electron chi connectivity index (χ0n) is 7.87. The van der Waals surface area contributed by atoms with E-state index in [0.717, 1.165) is 22.6 Å². The molecule has 2 aromatic heterocycles. The van der Waals surface area contributed by atoms with Gasteiger partial charge in [-0.05, 0) is 26.0 Å². The van der Waals surface area contributed by atoms with E-state index in [-0.39, 0.29) is 0 Å². The summed E-state index contributed by atoms with van der Waals surface area (Å²) in [5, 5.41) is 15.2. The van der Waals surface area contributed by atoms with Crippen LogP contribution in [0.1, 0.15) is 11.4 Å². The van der Waals surface area contributed by atoms with Crippen molar-refractivity contribution in [1.82, 2.24) is 20.4 Å². The van der Waals surface area contributed by atoms with Gasteiger partial charge in [0.2, 0.25) is 0 Å². The molecule has 0 atom stereocenters. The van der Waals surface area contributed by atoms with Crippen molar-refractivity contribution < 1.29 is 0 Å². The van der Waals surface area contributed by atoms with Crippen LogP contribution >= 0.6 is 11.6 Å². The fraction of sp³-hybridized carbons (Fsp3) is 0.222. The first-order valence-corrected chi connectivity index (χ1v) is 4.57. The molecule has 2 rings (SSSR count). The van der Waals surface area contributed by atoms with Gasteiger partial charge in [0.25, 0.3) is 0 Å². The van der Waals surface area contributed by atoms with E-state index in [2.05, 4.69) is 20.4 Å². The van der Waals surface area contributed by atoms with Crippen molar-refractivity contribution in [3.63, 3.8) is 0 Å². The predicted octanol–water partition coefficient (Wildman–Crippen LogP) is 2.14. The topological polar surface area (TPSA) is 54.5 Å². The molecule has 0 aliphatic carbocycles. The average molecular weight is 209 g/mol. The zero-order chi connectivity index (χ0) is 10.1. The highest BCUT2D eigenvalue weighted by atomic mass is 35.5. The van der Waals surface area contributed by atoms with Gasteiger partial charge in [0.05, 0.1) is 11.4 Å². The number of H-pyrrole nitrogens is 1. The standard InChI is InChI=1S/C9H9ClN4/c1-5-9(6(2)12-11-5)7-3-4-8(10)14-13-7/h3-4H,1-2H3,(H,11,12). The monoisotopic (exact) mass is 208 g/mol. The summed E-state index contributed by atoms with van der Waals surface area (Å²) in [5.41, 5.74) is 3.69. The molecular formula is C9H9ClN4. The number of hydrogen-bond acceptors (Lipinski definition) is 3. The Kier molecular flexibility index (Phi) is 2.21. The van der Waals surface area contributed by atoms with Crippen molar-refractivity contribution >= 4 is 11.6 Å². The Morgan fingerprint density at radius 3 is 2.50 bits per heavy atom. The van der Waals surface area contributed by atoms with Gasteiger partial charge in [-0.2, -0.15) is 5.10 Å². The lowest BCUT2D eigenvalue weighted by Crippen LogP contribution is -1.89. The smallest absolute Gasteiger partial charge is 0.151 e. The predicted molar refractivity (Wildman–Crippen MR) is 54.1 cm³/mol. The molecule has 0 spiro atoms. The van der Waals surface area contributed by atoms with Crippen LogP contribution in [0.5, 0.6) is 0 Å². The van der Waals surface area contributed by atoms with Gasteiger partial charge in [-0.25, -0.2) is 0 Å². The summed E-state index contributed by atoms with van der Waals surface area (Å²) in [6, 6.07) is 3.55. The van der Waals surface area contributed by atoms with Crippen molar-refractivity contribution in [2.75, 3.05) is 0 Å². The molecule has 0 fully saturated rings.